The lowest BCUT2D eigenvalue weighted by Crippen LogP contribution is -2.47. The molecule has 0 bridgehead atoms. The molecule has 104 valence electrons. The molecule has 0 fully saturated rings. The molecule has 0 aliphatic heterocycles. The summed E-state index contributed by atoms with van der Waals surface area (Å²) in [6, 6.07) is 5.29. The number of nitrogens with two attached hydrogens (primary N) is 1. The summed E-state index contributed by atoms with van der Waals surface area (Å²) in [5.74, 6) is 0.163. The molecule has 0 radical (unpaired) electrons. The lowest BCUT2D eigenvalue weighted by atomic mass is 9.86. The first-order valence-corrected chi connectivity index (χ1v) is 6.86. The number of primary amides is 1. The second kappa shape index (κ2) is 5.61. The van der Waals surface area contributed by atoms with Crippen molar-refractivity contribution in [3.05, 3.63) is 29.3 Å². The molecular weight excluding hydrogens is 240 g/mol. The number of amides is 1. The highest BCUT2D eigenvalue weighted by molar-refractivity contribution is 5.80. The van der Waals surface area contributed by atoms with Crippen molar-refractivity contribution < 1.29 is 9.90 Å². The highest BCUT2D eigenvalue weighted by atomic mass is 16.3. The number of rotatable bonds is 4. The average Bonchev–Trinajstić information content (AvgIpc) is 2.34. The molecule has 1 aromatic rings. The summed E-state index contributed by atoms with van der Waals surface area (Å²) in [4.78, 5) is 11.5. The molecule has 0 spiro atoms. The first kappa shape index (κ1) is 13.9. The minimum absolute atomic E-state index is 0.143. The van der Waals surface area contributed by atoms with E-state index in [9.17, 15) is 9.90 Å². The van der Waals surface area contributed by atoms with Crippen LogP contribution in [0.25, 0.3) is 0 Å². The van der Waals surface area contributed by atoms with Crippen molar-refractivity contribution in [2.45, 2.75) is 45.2 Å². The molecule has 0 heterocycles. The highest BCUT2D eigenvalue weighted by Crippen LogP contribution is 2.32. The molecule has 4 heteroatoms. The maximum atomic E-state index is 11.5. The number of hydrogen-bond acceptors (Lipinski definition) is 3. The fraction of sp³-hybridized carbons (Fsp3) is 0.533. The van der Waals surface area contributed by atoms with Gasteiger partial charge in [-0.2, -0.15) is 0 Å². The zero-order valence-corrected chi connectivity index (χ0v) is 11.5. The standard InChI is InChI=1S/C15H22N2O2/c1-9(2)14(15(16)19)17-13-5-3-4-10-8-11(18)6-7-12(10)13/h6-9,13-14,17-18H,3-5H2,1-2H3,(H2,16,19). The Labute approximate surface area is 114 Å². The number of aromatic hydroxyl groups is 1. The van der Waals surface area contributed by atoms with Gasteiger partial charge < -0.3 is 10.8 Å². The van der Waals surface area contributed by atoms with E-state index in [4.69, 9.17) is 5.73 Å². The summed E-state index contributed by atoms with van der Waals surface area (Å²) in [6.07, 6.45) is 3.02. The van der Waals surface area contributed by atoms with E-state index in [2.05, 4.69) is 5.32 Å². The summed E-state index contributed by atoms with van der Waals surface area (Å²) in [5, 5.41) is 12.9. The molecule has 4 N–H and O–H groups in total. The summed E-state index contributed by atoms with van der Waals surface area (Å²) in [7, 11) is 0. The molecule has 0 aromatic heterocycles. The normalized spacial score (nSPS) is 20.1. The molecular formula is C15H22N2O2. The van der Waals surface area contributed by atoms with Crippen LogP contribution in [-0.2, 0) is 11.2 Å². The topological polar surface area (TPSA) is 75.3 Å². The zero-order valence-electron chi connectivity index (χ0n) is 11.5. The fourth-order valence-corrected chi connectivity index (χ4v) is 2.79. The number of benzene rings is 1. The van der Waals surface area contributed by atoms with Crippen LogP contribution >= 0.6 is 0 Å². The SMILES string of the molecule is CC(C)C(NC1CCCc2cc(O)ccc21)C(N)=O. The number of aryl methyl sites for hydroxylation is 1. The van der Waals surface area contributed by atoms with Crippen molar-refractivity contribution in [1.29, 1.82) is 0 Å². The van der Waals surface area contributed by atoms with Crippen molar-refractivity contribution >= 4 is 5.91 Å². The Balaban J connectivity index is 2.21. The van der Waals surface area contributed by atoms with Crippen LogP contribution in [0.1, 0.15) is 43.9 Å². The average molecular weight is 262 g/mol. The van der Waals surface area contributed by atoms with Crippen LogP contribution in [0.15, 0.2) is 18.2 Å². The smallest absolute Gasteiger partial charge is 0.234 e. The largest absolute Gasteiger partial charge is 0.508 e. The Morgan fingerprint density at radius 2 is 2.21 bits per heavy atom. The quantitative estimate of drug-likeness (QED) is 0.775. The second-order valence-electron chi connectivity index (χ2n) is 5.62. The van der Waals surface area contributed by atoms with Gasteiger partial charge in [-0.05, 0) is 48.4 Å². The van der Waals surface area contributed by atoms with Crippen LogP contribution in [0.4, 0.5) is 0 Å². The molecule has 0 saturated heterocycles. The number of phenols is 1. The fourth-order valence-electron chi connectivity index (χ4n) is 2.79. The maximum absolute atomic E-state index is 11.5. The van der Waals surface area contributed by atoms with Crippen LogP contribution in [0, 0.1) is 5.92 Å². The van der Waals surface area contributed by atoms with E-state index in [0.29, 0.717) is 5.75 Å². The number of nitrogens with one attached hydrogen (secondary N) is 1. The Kier molecular flexibility index (Phi) is 4.10. The lowest BCUT2D eigenvalue weighted by molar-refractivity contribution is -0.121. The summed E-state index contributed by atoms with van der Waals surface area (Å²) in [6.45, 7) is 3.98. The summed E-state index contributed by atoms with van der Waals surface area (Å²) in [5.41, 5.74) is 7.80. The minimum Gasteiger partial charge on any atom is -0.508 e. The Bertz CT molecular complexity index is 471. The number of fused-ring (bicyclic) bond motifs is 1. The van der Waals surface area contributed by atoms with Crippen LogP contribution < -0.4 is 11.1 Å². The molecule has 2 rings (SSSR count). The number of hydrogen-bond donors (Lipinski definition) is 3. The van der Waals surface area contributed by atoms with E-state index in [1.807, 2.05) is 26.0 Å². The van der Waals surface area contributed by atoms with Gasteiger partial charge in [0.15, 0.2) is 0 Å². The van der Waals surface area contributed by atoms with Crippen molar-refractivity contribution in [3.63, 3.8) is 0 Å². The Hall–Kier alpha value is -1.55. The number of carbonyl (C=O) groups excluding carboxylic acids is 1. The third-order valence-corrected chi connectivity index (χ3v) is 3.79. The summed E-state index contributed by atoms with van der Waals surface area (Å²) >= 11 is 0. The van der Waals surface area contributed by atoms with Gasteiger partial charge in [-0.25, -0.2) is 0 Å². The van der Waals surface area contributed by atoms with Gasteiger partial charge in [0.05, 0.1) is 6.04 Å². The van der Waals surface area contributed by atoms with E-state index in [-0.39, 0.29) is 23.9 Å². The molecule has 1 aromatic carbocycles. The monoisotopic (exact) mass is 262 g/mol. The molecule has 2 unspecified atom stereocenters. The van der Waals surface area contributed by atoms with Gasteiger partial charge in [0.25, 0.3) is 0 Å². The highest BCUT2D eigenvalue weighted by Gasteiger charge is 2.27. The van der Waals surface area contributed by atoms with Gasteiger partial charge in [0, 0.05) is 6.04 Å². The van der Waals surface area contributed by atoms with E-state index >= 15 is 0 Å². The van der Waals surface area contributed by atoms with Crippen LogP contribution in [0.5, 0.6) is 5.75 Å². The van der Waals surface area contributed by atoms with Crippen LogP contribution in [0.3, 0.4) is 0 Å². The molecule has 19 heavy (non-hydrogen) atoms. The molecule has 1 amide bonds. The maximum Gasteiger partial charge on any atom is 0.234 e. The first-order valence-electron chi connectivity index (χ1n) is 6.86. The van der Waals surface area contributed by atoms with Gasteiger partial charge in [-0.3, -0.25) is 10.1 Å². The van der Waals surface area contributed by atoms with Crippen molar-refractivity contribution in [3.8, 4) is 5.75 Å². The predicted octanol–water partition coefficient (Wildman–Crippen LogP) is 1.87. The summed E-state index contributed by atoms with van der Waals surface area (Å²) < 4.78 is 0. The first-order chi connectivity index (χ1) is 8.99. The van der Waals surface area contributed by atoms with Gasteiger partial charge in [0.2, 0.25) is 5.91 Å². The second-order valence-corrected chi connectivity index (χ2v) is 5.62. The molecule has 1 aliphatic carbocycles. The minimum atomic E-state index is -0.315. The third-order valence-electron chi connectivity index (χ3n) is 3.79. The van der Waals surface area contributed by atoms with Crippen LogP contribution in [-0.4, -0.2) is 17.1 Å². The Morgan fingerprint density at radius 3 is 2.84 bits per heavy atom. The van der Waals surface area contributed by atoms with E-state index in [1.54, 1.807) is 6.07 Å². The van der Waals surface area contributed by atoms with Gasteiger partial charge in [-0.15, -0.1) is 0 Å². The number of phenolic OH excluding ortho intramolecular Hbond substituents is 1. The van der Waals surface area contributed by atoms with E-state index in [1.165, 1.54) is 5.56 Å². The molecule has 1 aliphatic rings. The molecule has 0 saturated carbocycles. The zero-order chi connectivity index (χ0) is 14.0. The predicted molar refractivity (Wildman–Crippen MR) is 74.7 cm³/mol. The van der Waals surface area contributed by atoms with Crippen LogP contribution in [0.2, 0.25) is 0 Å². The van der Waals surface area contributed by atoms with Crippen molar-refractivity contribution in [2.24, 2.45) is 11.7 Å². The molecule has 4 nitrogen and oxygen atoms in total. The molecule has 2 atom stereocenters. The van der Waals surface area contributed by atoms with E-state index < -0.39 is 0 Å². The Morgan fingerprint density at radius 1 is 1.47 bits per heavy atom. The lowest BCUT2D eigenvalue weighted by Gasteiger charge is -2.31. The number of carbonyl (C=O) groups is 1. The van der Waals surface area contributed by atoms with Crippen molar-refractivity contribution in [1.82, 2.24) is 5.32 Å². The van der Waals surface area contributed by atoms with Gasteiger partial charge in [0.1, 0.15) is 5.75 Å². The van der Waals surface area contributed by atoms with Gasteiger partial charge >= 0.3 is 0 Å². The van der Waals surface area contributed by atoms with Crippen molar-refractivity contribution in [2.75, 3.05) is 0 Å². The van der Waals surface area contributed by atoms with Gasteiger partial charge in [-0.1, -0.05) is 19.9 Å². The van der Waals surface area contributed by atoms with E-state index in [0.717, 1.165) is 24.8 Å². The third kappa shape index (κ3) is 3.07.